The third-order valence-corrected chi connectivity index (χ3v) is 8.07. The van der Waals surface area contributed by atoms with Gasteiger partial charge in [0.2, 0.25) is 29.5 Å². The number of nitrogens with zero attached hydrogens (tertiary/aromatic N) is 4. The lowest BCUT2D eigenvalue weighted by Gasteiger charge is -2.31. The maximum Gasteiger partial charge on any atom is 0.326 e. The Labute approximate surface area is 234 Å². The van der Waals surface area contributed by atoms with Gasteiger partial charge in [-0.15, -0.1) is 0 Å². The molecule has 4 fully saturated rings. The number of aliphatic carboxylic acids is 1. The Bertz CT molecular complexity index is 1090. The van der Waals surface area contributed by atoms with Gasteiger partial charge in [0.1, 0.15) is 24.2 Å². The number of nitrogens with one attached hydrogen (secondary N) is 1. The number of carbonyl (C=O) groups excluding carboxylic acids is 5. The molecule has 17 nitrogen and oxygen atoms in total. The SMILES string of the molecule is NCC(=O)N1C[C@H](O)C[C@H]1C(=O)N1C[C@H](O)C[C@H]1C(=O)NCC(=O)N1C[C@H](O)C[C@H]1C(=O)N1C[C@H](O)C[C@H]1C(=O)O. The molecule has 0 aliphatic carbocycles. The van der Waals surface area contributed by atoms with Gasteiger partial charge >= 0.3 is 5.97 Å². The molecule has 4 aliphatic rings. The Morgan fingerprint density at radius 3 is 1.46 bits per heavy atom. The second kappa shape index (κ2) is 12.2. The minimum atomic E-state index is -1.31. The fourth-order valence-electron chi connectivity index (χ4n) is 6.13. The van der Waals surface area contributed by atoms with Gasteiger partial charge in [0.25, 0.3) is 0 Å². The van der Waals surface area contributed by atoms with Crippen LogP contribution in [0.2, 0.25) is 0 Å². The van der Waals surface area contributed by atoms with E-state index >= 15 is 0 Å². The Kier molecular flexibility index (Phi) is 9.13. The van der Waals surface area contributed by atoms with Crippen LogP contribution >= 0.6 is 0 Å². The number of carbonyl (C=O) groups is 6. The van der Waals surface area contributed by atoms with Crippen molar-refractivity contribution in [1.82, 2.24) is 24.9 Å². The zero-order chi connectivity index (χ0) is 30.2. The van der Waals surface area contributed by atoms with Crippen LogP contribution in [0.4, 0.5) is 0 Å². The molecular formula is C24H36N6O11. The van der Waals surface area contributed by atoms with E-state index in [0.29, 0.717) is 0 Å². The molecule has 0 saturated carbocycles. The van der Waals surface area contributed by atoms with Gasteiger partial charge in [-0.1, -0.05) is 0 Å². The highest BCUT2D eigenvalue weighted by Gasteiger charge is 2.48. The highest BCUT2D eigenvalue weighted by molar-refractivity contribution is 5.96. The van der Waals surface area contributed by atoms with E-state index in [1.54, 1.807) is 0 Å². The van der Waals surface area contributed by atoms with Crippen molar-refractivity contribution < 1.29 is 54.3 Å². The molecule has 4 rings (SSSR count). The third-order valence-electron chi connectivity index (χ3n) is 8.07. The number of hydrogen-bond donors (Lipinski definition) is 7. The molecule has 0 aromatic rings. The van der Waals surface area contributed by atoms with Crippen LogP contribution < -0.4 is 11.1 Å². The summed E-state index contributed by atoms with van der Waals surface area (Å²) in [5.41, 5.74) is 5.41. The monoisotopic (exact) mass is 584 g/mol. The van der Waals surface area contributed by atoms with Gasteiger partial charge < -0.3 is 56.2 Å². The predicted molar refractivity (Wildman–Crippen MR) is 134 cm³/mol. The van der Waals surface area contributed by atoms with Crippen LogP contribution in [0.25, 0.3) is 0 Å². The maximum atomic E-state index is 13.3. The van der Waals surface area contributed by atoms with Gasteiger partial charge in [-0.25, -0.2) is 4.79 Å². The molecule has 4 heterocycles. The van der Waals surface area contributed by atoms with Gasteiger partial charge in [0.15, 0.2) is 0 Å². The Morgan fingerprint density at radius 1 is 0.610 bits per heavy atom. The largest absolute Gasteiger partial charge is 0.480 e. The van der Waals surface area contributed by atoms with Gasteiger partial charge in [0.05, 0.1) is 37.5 Å². The summed E-state index contributed by atoms with van der Waals surface area (Å²) in [6, 6.07) is -4.73. The number of aliphatic hydroxyl groups excluding tert-OH is 4. The van der Waals surface area contributed by atoms with E-state index in [1.165, 1.54) is 0 Å². The molecule has 17 heteroatoms. The number of amides is 5. The summed E-state index contributed by atoms with van der Waals surface area (Å²) in [6.07, 6.45) is -4.65. The molecule has 8 N–H and O–H groups in total. The van der Waals surface area contributed by atoms with Crippen LogP contribution in [0, 0.1) is 0 Å². The summed E-state index contributed by atoms with van der Waals surface area (Å²) in [7, 11) is 0. The lowest BCUT2D eigenvalue weighted by Crippen LogP contribution is -2.55. The lowest BCUT2D eigenvalue weighted by molar-refractivity contribution is -0.151. The third kappa shape index (κ3) is 6.28. The first-order chi connectivity index (χ1) is 19.3. The summed E-state index contributed by atoms with van der Waals surface area (Å²) < 4.78 is 0. The predicted octanol–water partition coefficient (Wildman–Crippen LogP) is -6.01. The summed E-state index contributed by atoms with van der Waals surface area (Å²) in [5, 5.41) is 52.1. The highest BCUT2D eigenvalue weighted by Crippen LogP contribution is 2.27. The first kappa shape index (κ1) is 30.6. The standard InChI is InChI=1S/C24H36N6O11/c25-5-19(35)27-7-12(32)2-16(27)22(38)29-9-11(31)1-15(29)21(37)26-6-20(36)28-8-13(33)3-17(28)23(39)30-10-14(34)4-18(30)24(40)41/h11-18,31-34H,1-10,25H2,(H,26,37)(H,40,41)/t11-,12-,13-,14-,15+,16+,17+,18+/m1/s1. The first-order valence-electron chi connectivity index (χ1n) is 13.4. The van der Waals surface area contributed by atoms with Gasteiger partial charge in [-0.3, -0.25) is 24.0 Å². The van der Waals surface area contributed by atoms with Gasteiger partial charge in [0, 0.05) is 51.9 Å². The van der Waals surface area contributed by atoms with E-state index in [1.807, 2.05) is 0 Å². The van der Waals surface area contributed by atoms with E-state index < -0.39 is 90.6 Å². The Balaban J connectivity index is 1.40. The average molecular weight is 585 g/mol. The molecule has 0 aromatic carbocycles. The molecule has 41 heavy (non-hydrogen) atoms. The molecule has 5 amide bonds. The van der Waals surface area contributed by atoms with Crippen molar-refractivity contribution in [2.24, 2.45) is 5.73 Å². The average Bonchev–Trinajstić information content (AvgIpc) is 3.70. The number of hydrogen-bond acceptors (Lipinski definition) is 11. The van der Waals surface area contributed by atoms with E-state index in [0.717, 1.165) is 19.6 Å². The van der Waals surface area contributed by atoms with Crippen molar-refractivity contribution >= 4 is 35.5 Å². The number of nitrogens with two attached hydrogens (primary N) is 1. The molecule has 0 bridgehead atoms. The molecule has 228 valence electrons. The van der Waals surface area contributed by atoms with Crippen LogP contribution in [-0.4, -0.2) is 168 Å². The lowest BCUT2D eigenvalue weighted by atomic mass is 10.1. The summed E-state index contributed by atoms with van der Waals surface area (Å²) in [6.45, 7) is -1.77. The van der Waals surface area contributed by atoms with Crippen LogP contribution in [0.3, 0.4) is 0 Å². The van der Waals surface area contributed by atoms with Crippen LogP contribution in [0.1, 0.15) is 25.7 Å². The summed E-state index contributed by atoms with van der Waals surface area (Å²) in [5.74, 6) is -4.76. The number of carboxylic acids is 1. The minimum Gasteiger partial charge on any atom is -0.480 e. The van der Waals surface area contributed by atoms with E-state index in [2.05, 4.69) is 5.32 Å². The van der Waals surface area contributed by atoms with Crippen LogP contribution in [-0.2, 0) is 28.8 Å². The minimum absolute atomic E-state index is 0.0620. The Morgan fingerprint density at radius 2 is 1.00 bits per heavy atom. The molecule has 0 aromatic heterocycles. The fourth-order valence-corrected chi connectivity index (χ4v) is 6.13. The molecular weight excluding hydrogens is 548 g/mol. The number of rotatable bonds is 7. The van der Waals surface area contributed by atoms with Crippen molar-refractivity contribution in [1.29, 1.82) is 0 Å². The van der Waals surface area contributed by atoms with Crippen molar-refractivity contribution in [2.75, 3.05) is 39.3 Å². The number of aliphatic hydroxyl groups is 4. The number of carboxylic acid groups (broad SMARTS) is 1. The second-order valence-corrected chi connectivity index (χ2v) is 11.0. The Hall–Kier alpha value is -3.38. The summed E-state index contributed by atoms with van der Waals surface area (Å²) in [4.78, 5) is 80.5. The molecule has 0 spiro atoms. The van der Waals surface area contributed by atoms with Crippen molar-refractivity contribution in [3.63, 3.8) is 0 Å². The molecule has 4 aliphatic heterocycles. The molecule has 0 unspecified atom stereocenters. The normalized spacial score (nSPS) is 33.4. The van der Waals surface area contributed by atoms with Crippen LogP contribution in [0.15, 0.2) is 0 Å². The first-order valence-corrected chi connectivity index (χ1v) is 13.4. The molecule has 8 atom stereocenters. The fraction of sp³-hybridized carbons (Fsp3) is 0.750. The topological polar surface area (TPSA) is 255 Å². The highest BCUT2D eigenvalue weighted by atomic mass is 16.4. The molecule has 4 saturated heterocycles. The zero-order valence-electron chi connectivity index (χ0n) is 22.2. The van der Waals surface area contributed by atoms with Crippen LogP contribution in [0.5, 0.6) is 0 Å². The van der Waals surface area contributed by atoms with Crippen molar-refractivity contribution in [3.05, 3.63) is 0 Å². The second-order valence-electron chi connectivity index (χ2n) is 11.0. The van der Waals surface area contributed by atoms with Crippen molar-refractivity contribution in [3.8, 4) is 0 Å². The van der Waals surface area contributed by atoms with Gasteiger partial charge in [-0.2, -0.15) is 0 Å². The smallest absolute Gasteiger partial charge is 0.326 e. The maximum absolute atomic E-state index is 13.3. The zero-order valence-corrected chi connectivity index (χ0v) is 22.2. The summed E-state index contributed by atoms with van der Waals surface area (Å²) >= 11 is 0. The van der Waals surface area contributed by atoms with E-state index in [9.17, 15) is 54.3 Å². The van der Waals surface area contributed by atoms with Crippen molar-refractivity contribution in [2.45, 2.75) is 74.3 Å². The number of likely N-dealkylation sites (tertiary alicyclic amines) is 4. The molecule has 0 radical (unpaired) electrons. The van der Waals surface area contributed by atoms with E-state index in [-0.39, 0.29) is 58.4 Å². The quantitative estimate of drug-likeness (QED) is 0.148. The number of β-amino-alcohol motifs (C(OH)–C–C–N with tert-alkyl or cyclic N) is 4. The van der Waals surface area contributed by atoms with E-state index in [4.69, 9.17) is 5.73 Å². The van der Waals surface area contributed by atoms with Gasteiger partial charge in [-0.05, 0) is 0 Å².